The van der Waals surface area contributed by atoms with Crippen molar-refractivity contribution in [3.05, 3.63) is 36.5 Å². The summed E-state index contributed by atoms with van der Waals surface area (Å²) < 4.78 is 5.52. The minimum absolute atomic E-state index is 0.0358. The van der Waals surface area contributed by atoms with E-state index in [0.717, 1.165) is 18.6 Å². The van der Waals surface area contributed by atoms with Gasteiger partial charge in [0.05, 0.1) is 6.10 Å². The van der Waals surface area contributed by atoms with Crippen LogP contribution in [-0.2, 0) is 4.74 Å². The van der Waals surface area contributed by atoms with Crippen molar-refractivity contribution in [2.45, 2.75) is 25.5 Å². The lowest BCUT2D eigenvalue weighted by Crippen LogP contribution is -2.31. The van der Waals surface area contributed by atoms with E-state index in [0.29, 0.717) is 0 Å². The van der Waals surface area contributed by atoms with Crippen LogP contribution in [0.25, 0.3) is 0 Å². The molecule has 2 unspecified atom stereocenters. The van der Waals surface area contributed by atoms with Crippen molar-refractivity contribution in [3.8, 4) is 0 Å². The molecule has 13 heavy (non-hydrogen) atoms. The average Bonchev–Trinajstić information content (AvgIpc) is 2.54. The minimum Gasteiger partial charge on any atom is -0.372 e. The summed E-state index contributed by atoms with van der Waals surface area (Å²) in [5, 5.41) is 0. The van der Waals surface area contributed by atoms with E-state index in [1.807, 2.05) is 31.2 Å². The van der Waals surface area contributed by atoms with Crippen molar-refractivity contribution in [1.29, 1.82) is 0 Å². The summed E-state index contributed by atoms with van der Waals surface area (Å²) in [6.45, 7) is 6.49. The van der Waals surface area contributed by atoms with Crippen LogP contribution < -0.4 is 5.73 Å². The van der Waals surface area contributed by atoms with Gasteiger partial charge in [0, 0.05) is 12.6 Å². The van der Waals surface area contributed by atoms with Crippen LogP contribution in [0.4, 0.5) is 0 Å². The van der Waals surface area contributed by atoms with E-state index < -0.39 is 0 Å². The standard InChI is InChI=1S/C11H17NO/c1-3-5-6-9(4-2)11-10(12)7-8-13-11/h3-6,10-11H,2,7-8,12H2,1H3/b5-3-,9-6+. The second kappa shape index (κ2) is 5.00. The first-order valence-electron chi connectivity index (χ1n) is 4.62. The Bertz CT molecular complexity index is 230. The number of hydrogen-bond acceptors (Lipinski definition) is 2. The molecule has 0 aliphatic carbocycles. The molecule has 1 saturated heterocycles. The summed E-state index contributed by atoms with van der Waals surface area (Å²) in [7, 11) is 0. The number of ether oxygens (including phenoxy) is 1. The van der Waals surface area contributed by atoms with Crippen molar-refractivity contribution in [3.63, 3.8) is 0 Å². The molecule has 2 N–H and O–H groups in total. The number of allylic oxidation sites excluding steroid dienone is 3. The van der Waals surface area contributed by atoms with Gasteiger partial charge in [-0.1, -0.05) is 30.9 Å². The fraction of sp³-hybridized carbons (Fsp3) is 0.455. The molecule has 2 atom stereocenters. The monoisotopic (exact) mass is 179 g/mol. The van der Waals surface area contributed by atoms with Crippen LogP contribution in [0.1, 0.15) is 13.3 Å². The Morgan fingerprint density at radius 3 is 2.85 bits per heavy atom. The molecule has 2 heteroatoms. The zero-order chi connectivity index (χ0) is 9.68. The molecule has 1 heterocycles. The van der Waals surface area contributed by atoms with Gasteiger partial charge >= 0.3 is 0 Å². The normalized spacial score (nSPS) is 29.8. The molecule has 0 amide bonds. The molecular weight excluding hydrogens is 162 g/mol. The molecule has 1 fully saturated rings. The third-order valence-corrected chi connectivity index (χ3v) is 2.18. The predicted molar refractivity (Wildman–Crippen MR) is 55.4 cm³/mol. The Kier molecular flexibility index (Phi) is 3.93. The van der Waals surface area contributed by atoms with Gasteiger partial charge in [0.25, 0.3) is 0 Å². The van der Waals surface area contributed by atoms with Gasteiger partial charge in [0.1, 0.15) is 0 Å². The molecule has 0 spiro atoms. The Hall–Kier alpha value is -0.860. The first-order valence-corrected chi connectivity index (χ1v) is 4.62. The van der Waals surface area contributed by atoms with E-state index in [1.54, 1.807) is 0 Å². The van der Waals surface area contributed by atoms with E-state index in [4.69, 9.17) is 10.5 Å². The zero-order valence-electron chi connectivity index (χ0n) is 8.07. The van der Waals surface area contributed by atoms with Crippen molar-refractivity contribution >= 4 is 0 Å². The summed E-state index contributed by atoms with van der Waals surface area (Å²) in [6, 6.07) is 0.120. The number of hydrogen-bond donors (Lipinski definition) is 1. The summed E-state index contributed by atoms with van der Waals surface area (Å²) >= 11 is 0. The fourth-order valence-corrected chi connectivity index (χ4v) is 1.44. The van der Waals surface area contributed by atoms with E-state index in [-0.39, 0.29) is 12.1 Å². The largest absolute Gasteiger partial charge is 0.372 e. The lowest BCUT2D eigenvalue weighted by Gasteiger charge is -2.15. The van der Waals surface area contributed by atoms with Gasteiger partial charge < -0.3 is 10.5 Å². The van der Waals surface area contributed by atoms with Crippen LogP contribution in [-0.4, -0.2) is 18.8 Å². The van der Waals surface area contributed by atoms with E-state index in [9.17, 15) is 0 Å². The first kappa shape index (κ1) is 10.2. The maximum absolute atomic E-state index is 5.89. The topological polar surface area (TPSA) is 35.2 Å². The Balaban J connectivity index is 2.70. The van der Waals surface area contributed by atoms with Gasteiger partial charge in [0.2, 0.25) is 0 Å². The quantitative estimate of drug-likeness (QED) is 0.670. The van der Waals surface area contributed by atoms with Crippen LogP contribution in [0.5, 0.6) is 0 Å². The molecular formula is C11H17NO. The highest BCUT2D eigenvalue weighted by molar-refractivity contribution is 5.28. The maximum Gasteiger partial charge on any atom is 0.0976 e. The molecule has 0 bridgehead atoms. The van der Waals surface area contributed by atoms with Gasteiger partial charge in [-0.15, -0.1) is 0 Å². The van der Waals surface area contributed by atoms with Crippen LogP contribution >= 0.6 is 0 Å². The highest BCUT2D eigenvalue weighted by Crippen LogP contribution is 2.19. The molecule has 1 aliphatic heterocycles. The molecule has 1 aliphatic rings. The molecule has 0 radical (unpaired) electrons. The van der Waals surface area contributed by atoms with Crippen LogP contribution in [0.15, 0.2) is 36.5 Å². The van der Waals surface area contributed by atoms with Gasteiger partial charge in [-0.2, -0.15) is 0 Å². The molecule has 72 valence electrons. The average molecular weight is 179 g/mol. The molecule has 0 saturated carbocycles. The number of rotatable bonds is 3. The molecule has 0 aromatic rings. The zero-order valence-corrected chi connectivity index (χ0v) is 8.07. The third kappa shape index (κ3) is 2.54. The fourth-order valence-electron chi connectivity index (χ4n) is 1.44. The van der Waals surface area contributed by atoms with Gasteiger partial charge in [-0.3, -0.25) is 0 Å². The molecule has 0 aromatic carbocycles. The second-order valence-corrected chi connectivity index (χ2v) is 3.14. The minimum atomic E-state index is 0.0358. The lowest BCUT2D eigenvalue weighted by molar-refractivity contribution is 0.134. The second-order valence-electron chi connectivity index (χ2n) is 3.14. The number of nitrogens with two attached hydrogens (primary N) is 1. The summed E-state index contributed by atoms with van der Waals surface area (Å²) in [4.78, 5) is 0. The molecule has 1 rings (SSSR count). The SMILES string of the molecule is C=C/C(=C\C=C/C)C1OCCC1N. The molecule has 0 aromatic heterocycles. The van der Waals surface area contributed by atoms with Gasteiger partial charge in [-0.05, 0) is 18.9 Å². The molecule has 2 nitrogen and oxygen atoms in total. The van der Waals surface area contributed by atoms with E-state index in [2.05, 4.69) is 6.58 Å². The highest BCUT2D eigenvalue weighted by Gasteiger charge is 2.26. The summed E-state index contributed by atoms with van der Waals surface area (Å²) in [6.07, 6.45) is 8.74. The smallest absolute Gasteiger partial charge is 0.0976 e. The summed E-state index contributed by atoms with van der Waals surface area (Å²) in [5.74, 6) is 0. The van der Waals surface area contributed by atoms with Gasteiger partial charge in [-0.25, -0.2) is 0 Å². The van der Waals surface area contributed by atoms with Crippen LogP contribution in [0.2, 0.25) is 0 Å². The Morgan fingerprint density at radius 2 is 2.38 bits per heavy atom. The maximum atomic E-state index is 5.89. The van der Waals surface area contributed by atoms with Crippen molar-refractivity contribution in [1.82, 2.24) is 0 Å². The van der Waals surface area contributed by atoms with Crippen LogP contribution in [0.3, 0.4) is 0 Å². The lowest BCUT2D eigenvalue weighted by atomic mass is 10.0. The highest BCUT2D eigenvalue weighted by atomic mass is 16.5. The van der Waals surface area contributed by atoms with Crippen LogP contribution in [0, 0.1) is 0 Å². The van der Waals surface area contributed by atoms with Gasteiger partial charge in [0.15, 0.2) is 0 Å². The summed E-state index contributed by atoms with van der Waals surface area (Å²) in [5.41, 5.74) is 6.96. The van der Waals surface area contributed by atoms with E-state index in [1.165, 1.54) is 0 Å². The van der Waals surface area contributed by atoms with Crippen molar-refractivity contribution < 1.29 is 4.74 Å². The van der Waals surface area contributed by atoms with E-state index >= 15 is 0 Å². The third-order valence-electron chi connectivity index (χ3n) is 2.18. The van der Waals surface area contributed by atoms with Crippen molar-refractivity contribution in [2.24, 2.45) is 5.73 Å². The predicted octanol–water partition coefficient (Wildman–Crippen LogP) is 1.79. The first-order chi connectivity index (χ1) is 6.29. The Labute approximate surface area is 79.8 Å². The Morgan fingerprint density at radius 1 is 1.62 bits per heavy atom. The van der Waals surface area contributed by atoms with Crippen molar-refractivity contribution in [2.75, 3.05) is 6.61 Å².